The molecular weight excluding hydrogens is 232 g/mol. The van der Waals surface area contributed by atoms with E-state index in [0.717, 1.165) is 5.75 Å². The minimum Gasteiger partial charge on any atom is -0.312 e. The Balaban J connectivity index is 3.11. The second-order valence-electron chi connectivity index (χ2n) is 2.38. The van der Waals surface area contributed by atoms with Gasteiger partial charge in [-0.05, 0) is 17.4 Å². The van der Waals surface area contributed by atoms with Crippen molar-refractivity contribution in [2.24, 2.45) is 0 Å². The summed E-state index contributed by atoms with van der Waals surface area (Å²) in [5, 5.41) is 0. The van der Waals surface area contributed by atoms with E-state index in [1.165, 1.54) is 0 Å². The van der Waals surface area contributed by atoms with Crippen LogP contribution >= 0.6 is 27.7 Å². The van der Waals surface area contributed by atoms with Crippen LogP contribution in [0.5, 0.6) is 0 Å². The van der Waals surface area contributed by atoms with Crippen molar-refractivity contribution >= 4 is 35.5 Å². The van der Waals surface area contributed by atoms with E-state index < -0.39 is 7.62 Å². The molecule has 0 atom stereocenters. The molecule has 0 N–H and O–H groups in total. The predicted octanol–water partition coefficient (Wildman–Crippen LogP) is 2.41. The van der Waals surface area contributed by atoms with Crippen LogP contribution in [0.25, 0.3) is 0 Å². The van der Waals surface area contributed by atoms with Gasteiger partial charge in [0.15, 0.2) is 0 Å². The van der Waals surface area contributed by atoms with Crippen molar-refractivity contribution in [3.05, 3.63) is 0 Å². The van der Waals surface area contributed by atoms with E-state index in [1.807, 2.05) is 0 Å². The van der Waals surface area contributed by atoms with E-state index in [-0.39, 0.29) is 0 Å². The van der Waals surface area contributed by atoms with Crippen molar-refractivity contribution in [3.8, 4) is 0 Å². The molecule has 74 valence electrons. The first-order valence-electron chi connectivity index (χ1n) is 3.46. The minimum absolute atomic E-state index is 0.554. The molecular formula is C5H14O3S3Si. The van der Waals surface area contributed by atoms with E-state index in [2.05, 4.69) is 6.92 Å². The highest BCUT2D eigenvalue weighted by Gasteiger charge is 2.68. The van der Waals surface area contributed by atoms with E-state index in [0.29, 0.717) is 7.82 Å². The fourth-order valence-electron chi connectivity index (χ4n) is 1.02. The quantitative estimate of drug-likeness (QED) is 0.561. The monoisotopic (exact) mass is 246 g/mol. The molecule has 0 aromatic rings. The van der Waals surface area contributed by atoms with Crippen LogP contribution in [0.1, 0.15) is 6.92 Å². The van der Waals surface area contributed by atoms with Crippen molar-refractivity contribution < 1.29 is 12.5 Å². The van der Waals surface area contributed by atoms with Gasteiger partial charge in [-0.25, -0.2) is 0 Å². The van der Waals surface area contributed by atoms with Gasteiger partial charge >= 0.3 is 0 Å². The summed E-state index contributed by atoms with van der Waals surface area (Å²) in [4.78, 5) is 0. The Morgan fingerprint density at radius 2 is 1.58 bits per heavy atom. The molecule has 1 aliphatic heterocycles. The molecule has 0 unspecified atom stereocenters. The summed E-state index contributed by atoms with van der Waals surface area (Å²) in [6.45, 7) is 2.05. The maximum absolute atomic E-state index is 5.62. The third-order valence-corrected chi connectivity index (χ3v) is 28.7. The van der Waals surface area contributed by atoms with Crippen molar-refractivity contribution in [2.75, 3.05) is 27.1 Å². The molecule has 1 fully saturated rings. The van der Waals surface area contributed by atoms with E-state index in [9.17, 15) is 0 Å². The largest absolute Gasteiger partial charge is 0.312 e. The summed E-state index contributed by atoms with van der Waals surface area (Å²) < 4.78 is 16.9. The van der Waals surface area contributed by atoms with E-state index >= 15 is 0 Å². The molecule has 0 saturated carbocycles. The van der Waals surface area contributed by atoms with Gasteiger partial charge in [-0.2, -0.15) is 0 Å². The molecule has 0 aliphatic carbocycles. The Morgan fingerprint density at radius 3 is 1.58 bits per heavy atom. The fraction of sp³-hybridized carbons (Fsp3) is 1.00. The van der Waals surface area contributed by atoms with E-state index in [4.69, 9.17) is 12.5 Å². The topological polar surface area (TPSA) is 27.7 Å². The normalized spacial score (nSPS) is 35.0. The Labute approximate surface area is 82.1 Å². The molecule has 7 heteroatoms. The highest BCUT2D eigenvalue weighted by molar-refractivity contribution is 9.48. The Morgan fingerprint density at radius 1 is 1.17 bits per heavy atom. The van der Waals surface area contributed by atoms with Gasteiger partial charge in [-0.3, -0.25) is 0 Å². The van der Waals surface area contributed by atoms with Gasteiger partial charge < -0.3 is 12.5 Å². The Bertz CT molecular complexity index is 150. The van der Waals surface area contributed by atoms with Gasteiger partial charge in [0.05, 0.1) is 21.3 Å². The van der Waals surface area contributed by atoms with Crippen LogP contribution in [0.15, 0.2) is 0 Å². The van der Waals surface area contributed by atoms with Crippen LogP contribution in [0, 0.1) is 0 Å². The van der Waals surface area contributed by atoms with Crippen molar-refractivity contribution in [1.29, 1.82) is 0 Å². The van der Waals surface area contributed by atoms with Crippen LogP contribution in [-0.2, 0) is 12.5 Å². The molecule has 1 heterocycles. The molecule has 0 bridgehead atoms. The van der Waals surface area contributed by atoms with Gasteiger partial charge in [0.1, 0.15) is 0 Å². The molecule has 1 saturated heterocycles. The third kappa shape index (κ3) is 1.04. The highest BCUT2D eigenvalue weighted by Crippen LogP contribution is 3.06. The zero-order valence-corrected chi connectivity index (χ0v) is 11.1. The second-order valence-corrected chi connectivity index (χ2v) is 19.1. The first-order valence-corrected chi connectivity index (χ1v) is 11.0. The van der Waals surface area contributed by atoms with Crippen molar-refractivity contribution in [1.82, 2.24) is 0 Å². The van der Waals surface area contributed by atoms with Crippen LogP contribution in [0.4, 0.5) is 0 Å². The predicted molar refractivity (Wildman–Crippen MR) is 60.1 cm³/mol. The Kier molecular flexibility index (Phi) is 2.63. The van der Waals surface area contributed by atoms with Gasteiger partial charge in [-0.15, -0.1) is 0 Å². The lowest BCUT2D eigenvalue weighted by atomic mass is 11.0. The van der Waals surface area contributed by atoms with Crippen LogP contribution in [-0.4, -0.2) is 34.9 Å². The molecule has 0 aromatic carbocycles. The first-order chi connectivity index (χ1) is 5.56. The zero-order valence-electron chi connectivity index (χ0n) is 7.66. The summed E-state index contributed by atoms with van der Waals surface area (Å²) in [5.74, 6) is 0.791. The molecule has 2 radical (unpaired) electrons. The third-order valence-electron chi connectivity index (χ3n) is 2.26. The molecule has 3 nitrogen and oxygen atoms in total. The Hall–Kier alpha value is 1.15. The average Bonchev–Trinajstić information content (AvgIpc) is 2.10. The van der Waals surface area contributed by atoms with Crippen LogP contribution in [0.3, 0.4) is 0 Å². The van der Waals surface area contributed by atoms with Gasteiger partial charge in [0, 0.05) is 5.75 Å². The van der Waals surface area contributed by atoms with Gasteiger partial charge in [0.2, 0.25) is 0 Å². The molecule has 12 heavy (non-hydrogen) atoms. The number of rotatable bonds is 4. The number of hydrogen-bond acceptors (Lipinski definition) is 5. The van der Waals surface area contributed by atoms with Gasteiger partial charge in [0.25, 0.3) is 7.82 Å². The van der Waals surface area contributed by atoms with E-state index in [1.54, 1.807) is 41.4 Å². The second kappa shape index (κ2) is 2.82. The highest BCUT2D eigenvalue weighted by atomic mass is 33.7. The summed E-state index contributed by atoms with van der Waals surface area (Å²) in [6, 6.07) is 0. The van der Waals surface area contributed by atoms with Crippen molar-refractivity contribution in [2.45, 2.75) is 6.92 Å². The minimum atomic E-state index is -3.03. The van der Waals surface area contributed by atoms with Gasteiger partial charge in [-0.1, -0.05) is 17.2 Å². The lowest BCUT2D eigenvalue weighted by molar-refractivity contribution is 0.232. The molecule has 1 rings (SSSR count). The van der Waals surface area contributed by atoms with Crippen molar-refractivity contribution in [3.63, 3.8) is 0 Å². The summed E-state index contributed by atoms with van der Waals surface area (Å²) in [5.41, 5.74) is 0. The average molecular weight is 246 g/mol. The van der Waals surface area contributed by atoms with Crippen LogP contribution in [0.2, 0.25) is 0 Å². The zero-order chi connectivity index (χ0) is 9.36. The summed E-state index contributed by atoms with van der Waals surface area (Å²) >= 11 is 0. The summed E-state index contributed by atoms with van der Waals surface area (Å²) in [6.07, 6.45) is 0. The standard InChI is InChI=1S/C5H14O3S3Si/c1-5-11(6-2,7-3,8-4)9-10-12-11/h5H2,1-4H3. The molecule has 0 aromatic heterocycles. The molecule has 0 amide bonds. The molecule has 0 spiro atoms. The smallest absolute Gasteiger partial charge is 0.278 e. The maximum Gasteiger partial charge on any atom is 0.278 e. The summed E-state index contributed by atoms with van der Waals surface area (Å²) in [7, 11) is 5.95. The molecule has 1 aliphatic rings. The SMILES string of the molecule is CCS1(OC)(OC)(OC)[Si]SS1. The van der Waals surface area contributed by atoms with Crippen LogP contribution < -0.4 is 0 Å². The number of hydrogen-bond donors (Lipinski definition) is 0. The maximum atomic E-state index is 5.62. The lowest BCUT2D eigenvalue weighted by Crippen LogP contribution is -2.47. The fourth-order valence-corrected chi connectivity index (χ4v) is 23.0. The lowest BCUT2D eigenvalue weighted by Gasteiger charge is -2.77. The first kappa shape index (κ1) is 11.2.